The van der Waals surface area contributed by atoms with Gasteiger partial charge in [-0.15, -0.1) is 11.3 Å². The molecule has 0 unspecified atom stereocenters. The fourth-order valence-corrected chi connectivity index (χ4v) is 5.24. The maximum atomic E-state index is 12.5. The molecule has 1 aromatic carbocycles. The molecule has 5 nitrogen and oxygen atoms in total. The Kier molecular flexibility index (Phi) is 5.17. The number of methoxy groups -OCH3 is 1. The van der Waals surface area contributed by atoms with Gasteiger partial charge in [0.1, 0.15) is 4.83 Å². The number of nitrogens with one attached hydrogen (secondary N) is 1. The van der Waals surface area contributed by atoms with E-state index < -0.39 is 0 Å². The first-order chi connectivity index (χ1) is 12.8. The summed E-state index contributed by atoms with van der Waals surface area (Å²) in [6.45, 7) is 0.508. The second kappa shape index (κ2) is 7.72. The number of para-hydroxylation sites is 2. The van der Waals surface area contributed by atoms with Gasteiger partial charge in [0, 0.05) is 10.6 Å². The smallest absolute Gasteiger partial charge is 0.260 e. The highest BCUT2D eigenvalue weighted by Gasteiger charge is 2.19. The Morgan fingerprint density at radius 3 is 2.88 bits per heavy atom. The van der Waals surface area contributed by atoms with Gasteiger partial charge in [-0.3, -0.25) is 4.79 Å². The van der Waals surface area contributed by atoms with Crippen LogP contribution in [0.1, 0.15) is 23.3 Å². The van der Waals surface area contributed by atoms with E-state index >= 15 is 0 Å². The molecule has 0 aliphatic heterocycles. The summed E-state index contributed by atoms with van der Waals surface area (Å²) in [4.78, 5) is 22.3. The summed E-state index contributed by atoms with van der Waals surface area (Å²) in [5.41, 5.74) is 1.21. The van der Waals surface area contributed by atoms with Crippen molar-refractivity contribution in [3.63, 3.8) is 0 Å². The summed E-state index contributed by atoms with van der Waals surface area (Å²) in [5.74, 6) is 2.13. The second-order valence-corrected chi connectivity index (χ2v) is 8.28. The zero-order valence-corrected chi connectivity index (χ0v) is 16.2. The van der Waals surface area contributed by atoms with E-state index in [2.05, 4.69) is 9.97 Å². The van der Waals surface area contributed by atoms with Crippen molar-refractivity contribution in [3.8, 4) is 11.5 Å². The molecule has 0 saturated heterocycles. The van der Waals surface area contributed by atoms with Gasteiger partial charge in [-0.2, -0.15) is 0 Å². The van der Waals surface area contributed by atoms with Crippen LogP contribution < -0.4 is 15.0 Å². The minimum atomic E-state index is -0.0115. The van der Waals surface area contributed by atoms with Crippen LogP contribution in [0.15, 0.2) is 34.2 Å². The monoisotopic (exact) mass is 388 g/mol. The first-order valence-corrected chi connectivity index (χ1v) is 10.5. The lowest BCUT2D eigenvalue weighted by Crippen LogP contribution is -2.11. The molecule has 0 saturated carbocycles. The fourth-order valence-electron chi connectivity index (χ4n) is 3.24. The van der Waals surface area contributed by atoms with Crippen molar-refractivity contribution in [2.24, 2.45) is 0 Å². The standard InChI is InChI=1S/C19H20N2O3S2/c1-23-13-7-3-4-8-14(13)24-10-11-25-19-20-17(22)16-12-6-2-5-9-15(12)26-18(16)21-19/h3-4,7-8H,2,5-6,9-11H2,1H3,(H,20,21,22). The summed E-state index contributed by atoms with van der Waals surface area (Å²) in [7, 11) is 1.63. The molecule has 0 radical (unpaired) electrons. The minimum Gasteiger partial charge on any atom is -0.493 e. The number of aryl methyl sites for hydroxylation is 2. The molecule has 4 rings (SSSR count). The highest BCUT2D eigenvalue weighted by Crippen LogP contribution is 2.34. The Morgan fingerprint density at radius 2 is 2.04 bits per heavy atom. The third-order valence-corrected chi connectivity index (χ3v) is 6.48. The normalized spacial score (nSPS) is 13.6. The number of aromatic amines is 1. The van der Waals surface area contributed by atoms with Crippen molar-refractivity contribution in [1.82, 2.24) is 9.97 Å². The lowest BCUT2D eigenvalue weighted by atomic mass is 9.97. The van der Waals surface area contributed by atoms with Gasteiger partial charge in [0.05, 0.1) is 19.1 Å². The number of fused-ring (bicyclic) bond motifs is 3. The zero-order valence-electron chi connectivity index (χ0n) is 14.5. The van der Waals surface area contributed by atoms with E-state index in [1.54, 1.807) is 18.4 Å². The van der Waals surface area contributed by atoms with Crippen LogP contribution in [0, 0.1) is 0 Å². The van der Waals surface area contributed by atoms with Crippen LogP contribution in [0.4, 0.5) is 0 Å². The van der Waals surface area contributed by atoms with Crippen molar-refractivity contribution in [2.45, 2.75) is 30.8 Å². The molecule has 3 aromatic rings. The van der Waals surface area contributed by atoms with Gasteiger partial charge < -0.3 is 14.5 Å². The van der Waals surface area contributed by atoms with Crippen LogP contribution in [0.25, 0.3) is 10.2 Å². The molecule has 1 aliphatic carbocycles. The molecule has 1 aliphatic rings. The average molecular weight is 389 g/mol. The van der Waals surface area contributed by atoms with Crippen LogP contribution in [-0.4, -0.2) is 29.4 Å². The molecule has 0 amide bonds. The van der Waals surface area contributed by atoms with E-state index in [1.165, 1.54) is 28.6 Å². The van der Waals surface area contributed by atoms with E-state index in [-0.39, 0.29) is 5.56 Å². The highest BCUT2D eigenvalue weighted by molar-refractivity contribution is 7.99. The molecular weight excluding hydrogens is 368 g/mol. The third-order valence-electron chi connectivity index (χ3n) is 4.45. The minimum absolute atomic E-state index is 0.0115. The summed E-state index contributed by atoms with van der Waals surface area (Å²) in [6.07, 6.45) is 4.44. The zero-order chi connectivity index (χ0) is 17.9. The second-order valence-electron chi connectivity index (χ2n) is 6.11. The number of aromatic nitrogens is 2. The molecular formula is C19H20N2O3S2. The number of ether oxygens (including phenoxy) is 2. The molecule has 0 bridgehead atoms. The van der Waals surface area contributed by atoms with Crippen LogP contribution in [0.5, 0.6) is 11.5 Å². The largest absolute Gasteiger partial charge is 0.493 e. The summed E-state index contributed by atoms with van der Waals surface area (Å²) in [6, 6.07) is 7.57. The van der Waals surface area contributed by atoms with E-state index in [4.69, 9.17) is 9.47 Å². The highest BCUT2D eigenvalue weighted by atomic mass is 32.2. The number of thiophene rings is 1. The fraction of sp³-hybridized carbons (Fsp3) is 0.368. The summed E-state index contributed by atoms with van der Waals surface area (Å²) in [5, 5.41) is 1.46. The average Bonchev–Trinajstić information content (AvgIpc) is 3.04. The molecule has 0 fully saturated rings. The van der Waals surface area contributed by atoms with Crippen molar-refractivity contribution >= 4 is 33.3 Å². The first-order valence-electron chi connectivity index (χ1n) is 8.69. The van der Waals surface area contributed by atoms with E-state index in [9.17, 15) is 4.79 Å². The molecule has 26 heavy (non-hydrogen) atoms. The van der Waals surface area contributed by atoms with Gasteiger partial charge in [-0.1, -0.05) is 23.9 Å². The maximum Gasteiger partial charge on any atom is 0.260 e. The molecule has 2 heterocycles. The van der Waals surface area contributed by atoms with Gasteiger partial charge in [-0.25, -0.2) is 4.98 Å². The van der Waals surface area contributed by atoms with Gasteiger partial charge in [0.2, 0.25) is 0 Å². The van der Waals surface area contributed by atoms with Crippen molar-refractivity contribution in [1.29, 1.82) is 0 Å². The van der Waals surface area contributed by atoms with Crippen LogP contribution in [0.2, 0.25) is 0 Å². The number of thioether (sulfide) groups is 1. The van der Waals surface area contributed by atoms with E-state index in [0.717, 1.165) is 41.0 Å². The predicted octanol–water partition coefficient (Wildman–Crippen LogP) is 4.04. The van der Waals surface area contributed by atoms with E-state index in [0.29, 0.717) is 17.5 Å². The maximum absolute atomic E-state index is 12.5. The number of H-pyrrole nitrogens is 1. The van der Waals surface area contributed by atoms with Gasteiger partial charge in [0.15, 0.2) is 16.7 Å². The Bertz CT molecular complexity index is 981. The number of hydrogen-bond acceptors (Lipinski definition) is 6. The number of rotatable bonds is 6. The molecule has 1 N–H and O–H groups in total. The van der Waals surface area contributed by atoms with Crippen molar-refractivity contribution < 1.29 is 9.47 Å². The Morgan fingerprint density at radius 1 is 1.23 bits per heavy atom. The first kappa shape index (κ1) is 17.4. The lowest BCUT2D eigenvalue weighted by Gasteiger charge is -2.10. The molecule has 0 spiro atoms. The van der Waals surface area contributed by atoms with E-state index in [1.807, 2.05) is 24.3 Å². The van der Waals surface area contributed by atoms with Crippen LogP contribution in [0.3, 0.4) is 0 Å². The Labute approximate surface area is 159 Å². The lowest BCUT2D eigenvalue weighted by molar-refractivity contribution is 0.313. The Hall–Kier alpha value is -1.99. The van der Waals surface area contributed by atoms with Crippen LogP contribution in [-0.2, 0) is 12.8 Å². The third kappa shape index (κ3) is 3.46. The SMILES string of the molecule is COc1ccccc1OCCSc1nc2sc3c(c2c(=O)[nH]1)CCCC3. The molecule has 2 aromatic heterocycles. The summed E-state index contributed by atoms with van der Waals surface area (Å²) >= 11 is 3.18. The molecule has 0 atom stereocenters. The van der Waals surface area contributed by atoms with Crippen molar-refractivity contribution in [2.75, 3.05) is 19.5 Å². The van der Waals surface area contributed by atoms with Crippen LogP contribution >= 0.6 is 23.1 Å². The van der Waals surface area contributed by atoms with Gasteiger partial charge in [-0.05, 0) is 43.4 Å². The number of benzene rings is 1. The van der Waals surface area contributed by atoms with Gasteiger partial charge in [0.25, 0.3) is 5.56 Å². The van der Waals surface area contributed by atoms with Crippen molar-refractivity contribution in [3.05, 3.63) is 45.1 Å². The number of hydrogen-bond donors (Lipinski definition) is 1. The predicted molar refractivity (Wildman–Crippen MR) is 106 cm³/mol. The topological polar surface area (TPSA) is 64.2 Å². The quantitative estimate of drug-likeness (QED) is 0.392. The van der Waals surface area contributed by atoms with Gasteiger partial charge >= 0.3 is 0 Å². The number of nitrogens with zero attached hydrogens (tertiary/aromatic N) is 1. The Balaban J connectivity index is 1.44. The summed E-state index contributed by atoms with van der Waals surface area (Å²) < 4.78 is 11.0. The molecule has 136 valence electrons. The molecule has 7 heteroatoms.